The minimum atomic E-state index is -0.198. The van der Waals surface area contributed by atoms with Crippen LogP contribution < -0.4 is 0 Å². The van der Waals surface area contributed by atoms with E-state index in [2.05, 4.69) is 0 Å². The Labute approximate surface area is 110 Å². The van der Waals surface area contributed by atoms with Gasteiger partial charge in [-0.05, 0) is 39.8 Å². The minimum Gasteiger partial charge on any atom is -0.393 e. The zero-order valence-corrected chi connectivity index (χ0v) is 11.6. The zero-order chi connectivity index (χ0) is 13.1. The molecule has 1 saturated carbocycles. The molecule has 0 spiro atoms. The molecule has 2 fully saturated rings. The molecule has 2 aliphatic rings. The normalized spacial score (nSPS) is 33.1. The summed E-state index contributed by atoms with van der Waals surface area (Å²) in [6.45, 7) is 1.36. The van der Waals surface area contributed by atoms with E-state index in [-0.39, 0.29) is 18.1 Å². The number of likely N-dealkylation sites (tertiary alicyclic amines) is 1. The highest BCUT2D eigenvalue weighted by Crippen LogP contribution is 2.34. The van der Waals surface area contributed by atoms with Gasteiger partial charge in [0.25, 0.3) is 0 Å². The number of hydrogen-bond acceptors (Lipinski definition) is 3. The fourth-order valence-electron chi connectivity index (χ4n) is 3.50. The first kappa shape index (κ1) is 13.8. The van der Waals surface area contributed by atoms with Crippen LogP contribution in [-0.2, 0) is 4.79 Å². The van der Waals surface area contributed by atoms with Crippen LogP contribution in [0.15, 0.2) is 0 Å². The second kappa shape index (κ2) is 6.02. The largest absolute Gasteiger partial charge is 0.393 e. The highest BCUT2D eigenvalue weighted by atomic mass is 16.3. The second-order valence-electron chi connectivity index (χ2n) is 6.05. The van der Waals surface area contributed by atoms with Crippen LogP contribution in [0.2, 0.25) is 0 Å². The van der Waals surface area contributed by atoms with Crippen molar-refractivity contribution in [2.24, 2.45) is 5.92 Å². The number of rotatable bonds is 3. The molecule has 0 aromatic rings. The molecule has 1 saturated heterocycles. The number of carbonyl (C=O) groups excluding carboxylic acids is 1. The van der Waals surface area contributed by atoms with E-state index in [0.717, 1.165) is 38.6 Å². The molecule has 4 nitrogen and oxygen atoms in total. The van der Waals surface area contributed by atoms with Crippen LogP contribution >= 0.6 is 0 Å². The molecule has 1 aliphatic heterocycles. The number of nitrogens with zero attached hydrogens (tertiary/aromatic N) is 2. The lowest BCUT2D eigenvalue weighted by Crippen LogP contribution is -2.47. The molecule has 1 N–H and O–H groups in total. The summed E-state index contributed by atoms with van der Waals surface area (Å²) in [5.74, 6) is 0.535. The molecular formula is C14H26N2O2. The van der Waals surface area contributed by atoms with Gasteiger partial charge in [0.2, 0.25) is 5.91 Å². The van der Waals surface area contributed by atoms with Crippen LogP contribution in [0, 0.1) is 5.92 Å². The Balaban J connectivity index is 2.00. The van der Waals surface area contributed by atoms with Crippen molar-refractivity contribution in [2.45, 2.75) is 50.7 Å². The second-order valence-corrected chi connectivity index (χ2v) is 6.05. The summed E-state index contributed by atoms with van der Waals surface area (Å²) in [6, 6.07) is 0.285. The molecule has 0 radical (unpaired) electrons. The maximum atomic E-state index is 12.2. The van der Waals surface area contributed by atoms with Gasteiger partial charge in [-0.3, -0.25) is 4.79 Å². The van der Waals surface area contributed by atoms with Crippen molar-refractivity contribution in [1.29, 1.82) is 0 Å². The summed E-state index contributed by atoms with van der Waals surface area (Å²) in [6.07, 6.45) is 6.29. The van der Waals surface area contributed by atoms with Crippen molar-refractivity contribution >= 4 is 5.91 Å². The maximum absolute atomic E-state index is 12.2. The first-order valence-electron chi connectivity index (χ1n) is 7.22. The van der Waals surface area contributed by atoms with E-state index >= 15 is 0 Å². The lowest BCUT2D eigenvalue weighted by atomic mass is 9.80. The molecule has 0 aromatic carbocycles. The van der Waals surface area contributed by atoms with Crippen molar-refractivity contribution in [1.82, 2.24) is 9.80 Å². The molecule has 18 heavy (non-hydrogen) atoms. The van der Waals surface area contributed by atoms with Gasteiger partial charge in [0.15, 0.2) is 0 Å². The summed E-state index contributed by atoms with van der Waals surface area (Å²) >= 11 is 0. The summed E-state index contributed by atoms with van der Waals surface area (Å²) < 4.78 is 0. The van der Waals surface area contributed by atoms with E-state index in [9.17, 15) is 9.90 Å². The topological polar surface area (TPSA) is 43.8 Å². The van der Waals surface area contributed by atoms with Gasteiger partial charge in [0.05, 0.1) is 12.6 Å². The molecule has 1 aliphatic carbocycles. The average Bonchev–Trinajstić information content (AvgIpc) is 2.77. The Bertz CT molecular complexity index is 294. The van der Waals surface area contributed by atoms with Crippen LogP contribution in [0.1, 0.15) is 38.5 Å². The average molecular weight is 254 g/mol. The number of amides is 1. The van der Waals surface area contributed by atoms with Gasteiger partial charge >= 0.3 is 0 Å². The van der Waals surface area contributed by atoms with E-state index in [4.69, 9.17) is 0 Å². The lowest BCUT2D eigenvalue weighted by Gasteiger charge is -2.37. The number of carbonyl (C=O) groups is 1. The van der Waals surface area contributed by atoms with E-state index in [1.807, 2.05) is 23.9 Å². The Morgan fingerprint density at radius 2 is 1.94 bits per heavy atom. The van der Waals surface area contributed by atoms with Crippen molar-refractivity contribution in [2.75, 3.05) is 27.2 Å². The van der Waals surface area contributed by atoms with Gasteiger partial charge in [0.1, 0.15) is 0 Å². The summed E-state index contributed by atoms with van der Waals surface area (Å²) in [5, 5.41) is 10.2. The SMILES string of the molecule is CN(C)CC(=O)N1CCC[C@@H]1[C@H]1CCCC[C@@H]1O. The Hall–Kier alpha value is -0.610. The molecule has 0 unspecified atom stereocenters. The molecular weight excluding hydrogens is 228 g/mol. The quantitative estimate of drug-likeness (QED) is 0.820. The van der Waals surface area contributed by atoms with Gasteiger partial charge < -0.3 is 14.9 Å². The van der Waals surface area contributed by atoms with Gasteiger partial charge in [-0.15, -0.1) is 0 Å². The molecule has 3 atom stereocenters. The smallest absolute Gasteiger partial charge is 0.236 e. The lowest BCUT2D eigenvalue weighted by molar-refractivity contribution is -0.134. The molecule has 2 rings (SSSR count). The first-order chi connectivity index (χ1) is 8.59. The molecule has 104 valence electrons. The maximum Gasteiger partial charge on any atom is 0.236 e. The fraction of sp³-hybridized carbons (Fsp3) is 0.929. The molecule has 0 aromatic heterocycles. The van der Waals surface area contributed by atoms with E-state index < -0.39 is 0 Å². The van der Waals surface area contributed by atoms with Crippen LogP contribution in [0.4, 0.5) is 0 Å². The Morgan fingerprint density at radius 3 is 2.61 bits per heavy atom. The predicted octanol–water partition coefficient (Wildman–Crippen LogP) is 1.09. The van der Waals surface area contributed by atoms with E-state index in [1.54, 1.807) is 0 Å². The number of hydrogen-bond donors (Lipinski definition) is 1. The Kier molecular flexibility index (Phi) is 4.62. The van der Waals surface area contributed by atoms with Crippen LogP contribution in [0.3, 0.4) is 0 Å². The molecule has 1 amide bonds. The van der Waals surface area contributed by atoms with Crippen molar-refractivity contribution in [3.63, 3.8) is 0 Å². The minimum absolute atomic E-state index is 0.198. The first-order valence-corrected chi connectivity index (χ1v) is 7.22. The third-order valence-corrected chi connectivity index (χ3v) is 4.35. The van der Waals surface area contributed by atoms with E-state index in [1.165, 1.54) is 6.42 Å². The Morgan fingerprint density at radius 1 is 1.22 bits per heavy atom. The fourth-order valence-corrected chi connectivity index (χ4v) is 3.50. The standard InChI is InChI=1S/C14H26N2O2/c1-15(2)10-14(18)16-9-5-7-12(16)11-6-3-4-8-13(11)17/h11-13,17H,3-10H2,1-2H3/t11-,12-,13+/m1/s1. The van der Waals surface area contributed by atoms with Gasteiger partial charge in [-0.1, -0.05) is 12.8 Å². The van der Waals surface area contributed by atoms with Gasteiger partial charge in [-0.2, -0.15) is 0 Å². The molecule has 4 heteroatoms. The third kappa shape index (κ3) is 3.04. The summed E-state index contributed by atoms with van der Waals surface area (Å²) in [4.78, 5) is 16.2. The molecule has 1 heterocycles. The predicted molar refractivity (Wildman–Crippen MR) is 71.3 cm³/mol. The number of aliphatic hydroxyl groups excluding tert-OH is 1. The van der Waals surface area contributed by atoms with Gasteiger partial charge in [-0.25, -0.2) is 0 Å². The summed E-state index contributed by atoms with van der Waals surface area (Å²) in [5.41, 5.74) is 0. The number of aliphatic hydroxyl groups is 1. The monoisotopic (exact) mass is 254 g/mol. The van der Waals surface area contributed by atoms with Crippen molar-refractivity contribution in [3.05, 3.63) is 0 Å². The van der Waals surface area contributed by atoms with Gasteiger partial charge in [0, 0.05) is 18.5 Å². The van der Waals surface area contributed by atoms with E-state index in [0.29, 0.717) is 12.5 Å². The van der Waals surface area contributed by atoms with Crippen molar-refractivity contribution < 1.29 is 9.90 Å². The number of likely N-dealkylation sites (N-methyl/N-ethyl adjacent to an activating group) is 1. The summed E-state index contributed by atoms with van der Waals surface area (Å²) in [7, 11) is 3.86. The van der Waals surface area contributed by atoms with Crippen LogP contribution in [0.25, 0.3) is 0 Å². The van der Waals surface area contributed by atoms with Crippen LogP contribution in [-0.4, -0.2) is 60.1 Å². The van der Waals surface area contributed by atoms with Crippen LogP contribution in [0.5, 0.6) is 0 Å². The molecule has 0 bridgehead atoms. The highest BCUT2D eigenvalue weighted by molar-refractivity contribution is 5.78. The van der Waals surface area contributed by atoms with Crippen molar-refractivity contribution in [3.8, 4) is 0 Å². The third-order valence-electron chi connectivity index (χ3n) is 4.35. The highest BCUT2D eigenvalue weighted by Gasteiger charge is 2.38. The zero-order valence-electron chi connectivity index (χ0n) is 11.6.